The molecule has 0 radical (unpaired) electrons. The maximum atomic E-state index is 13.0. The molecule has 40 heavy (non-hydrogen) atoms. The van der Waals surface area contributed by atoms with Gasteiger partial charge in [0, 0.05) is 11.5 Å². The second-order valence-corrected chi connectivity index (χ2v) is 20.8. The first kappa shape index (κ1) is 29.8. The average Bonchev–Trinajstić information content (AvgIpc) is 3.23. The number of hydrogen-bond acceptors (Lipinski definition) is 3. The van der Waals surface area contributed by atoms with Crippen molar-refractivity contribution in [2.24, 2.45) is 28.1 Å². The Morgan fingerprint density at radius 3 is 2.30 bits per heavy atom. The van der Waals surface area contributed by atoms with Crippen LogP contribution in [-0.2, 0) is 9.16 Å². The summed E-state index contributed by atoms with van der Waals surface area (Å²) in [6.07, 6.45) is 10.8. The van der Waals surface area contributed by atoms with Crippen molar-refractivity contribution >= 4 is 14.3 Å². The summed E-state index contributed by atoms with van der Waals surface area (Å²) >= 11 is 0. The number of ether oxygens (including phenoxy) is 1. The van der Waals surface area contributed by atoms with Gasteiger partial charge in [-0.1, -0.05) is 78.3 Å². The molecule has 0 N–H and O–H groups in total. The number of hydrogen-bond donors (Lipinski definition) is 0. The second kappa shape index (κ2) is 9.97. The molecule has 6 atom stereocenters. The van der Waals surface area contributed by atoms with E-state index in [4.69, 9.17) is 9.16 Å². The summed E-state index contributed by atoms with van der Waals surface area (Å²) in [5.74, 6) is 0.896. The van der Waals surface area contributed by atoms with Crippen LogP contribution in [0.3, 0.4) is 0 Å². The number of fused-ring (bicyclic) bond motifs is 4. The lowest BCUT2D eigenvalue weighted by molar-refractivity contribution is -0.0994. The highest BCUT2D eigenvalue weighted by Gasteiger charge is 2.58. The smallest absolute Gasteiger partial charge is 0.338 e. The van der Waals surface area contributed by atoms with Gasteiger partial charge in [-0.15, -0.1) is 0 Å². The lowest BCUT2D eigenvalue weighted by Gasteiger charge is -2.59. The SMILES string of the molecule is C[C@@H](O[Si](C)(C)C(C)(C)C)[C@H]1CC=C2C3=C(CC[C@@]21C)[C@@]1(C)CC[C@H](OC(=O)c2ccccc2)C(C)(C)[C@@H]1CC3. The van der Waals surface area contributed by atoms with Gasteiger partial charge < -0.3 is 9.16 Å². The molecule has 0 heterocycles. The molecule has 1 aromatic rings. The Morgan fingerprint density at radius 2 is 1.65 bits per heavy atom. The van der Waals surface area contributed by atoms with Crippen LogP contribution in [0.1, 0.15) is 111 Å². The molecular formula is C36H54O3Si. The van der Waals surface area contributed by atoms with Crippen LogP contribution in [0.4, 0.5) is 0 Å². The van der Waals surface area contributed by atoms with Crippen LogP contribution in [-0.4, -0.2) is 26.5 Å². The molecule has 4 aliphatic rings. The summed E-state index contributed by atoms with van der Waals surface area (Å²) in [7, 11) is -1.82. The van der Waals surface area contributed by atoms with Gasteiger partial charge in [-0.25, -0.2) is 4.79 Å². The lowest BCUT2D eigenvalue weighted by Crippen LogP contribution is -2.54. The zero-order valence-corrected chi connectivity index (χ0v) is 27.9. The highest BCUT2D eigenvalue weighted by atomic mass is 28.4. The molecule has 0 amide bonds. The third-order valence-corrected chi connectivity index (χ3v) is 17.1. The minimum atomic E-state index is -1.82. The van der Waals surface area contributed by atoms with E-state index in [9.17, 15) is 4.79 Å². The Balaban J connectivity index is 1.37. The van der Waals surface area contributed by atoms with Crippen molar-refractivity contribution in [2.45, 2.75) is 131 Å². The molecule has 1 aromatic carbocycles. The van der Waals surface area contributed by atoms with Gasteiger partial charge in [-0.3, -0.25) is 0 Å². The standard InChI is InChI=1S/C36H54O3Si/c1-24(39-40(9,10)33(2,3)4)27-17-18-28-26-16-19-30-34(5,6)31(38-32(37)25-14-12-11-13-15-25)21-23-36(30,8)29(26)20-22-35(27,28)7/h11-15,18,24,27,30-31H,16-17,19-23H2,1-10H3/t24-,27-,30+,31+,35-,36-/m1/s1. The molecule has 1 saturated carbocycles. The summed E-state index contributed by atoms with van der Waals surface area (Å²) in [6.45, 7) is 24.0. The highest BCUT2D eigenvalue weighted by molar-refractivity contribution is 6.74. The molecule has 3 nitrogen and oxygen atoms in total. The summed E-state index contributed by atoms with van der Waals surface area (Å²) < 4.78 is 13.2. The number of carbonyl (C=O) groups excluding carboxylic acids is 1. The zero-order valence-electron chi connectivity index (χ0n) is 26.9. The van der Waals surface area contributed by atoms with E-state index in [-0.39, 0.29) is 39.5 Å². The molecule has 1 fully saturated rings. The second-order valence-electron chi connectivity index (χ2n) is 16.0. The van der Waals surface area contributed by atoms with Crippen LogP contribution in [0.2, 0.25) is 18.1 Å². The van der Waals surface area contributed by atoms with Crippen molar-refractivity contribution < 1.29 is 14.0 Å². The van der Waals surface area contributed by atoms with Gasteiger partial charge in [-0.2, -0.15) is 0 Å². The summed E-state index contributed by atoms with van der Waals surface area (Å²) in [5.41, 5.74) is 6.05. The van der Waals surface area contributed by atoms with Gasteiger partial charge in [0.1, 0.15) is 6.10 Å². The van der Waals surface area contributed by atoms with E-state index in [1.807, 2.05) is 30.3 Å². The minimum Gasteiger partial charge on any atom is -0.458 e. The van der Waals surface area contributed by atoms with Gasteiger partial charge in [0.15, 0.2) is 8.32 Å². The predicted octanol–water partition coefficient (Wildman–Crippen LogP) is 9.90. The van der Waals surface area contributed by atoms with Gasteiger partial charge in [0.2, 0.25) is 0 Å². The largest absolute Gasteiger partial charge is 0.458 e. The van der Waals surface area contributed by atoms with E-state index in [1.54, 1.807) is 16.7 Å². The van der Waals surface area contributed by atoms with Crippen molar-refractivity contribution in [3.8, 4) is 0 Å². The highest BCUT2D eigenvalue weighted by Crippen LogP contribution is 2.66. The van der Waals surface area contributed by atoms with E-state index < -0.39 is 8.32 Å². The van der Waals surface area contributed by atoms with Crippen LogP contribution in [0, 0.1) is 28.1 Å². The fourth-order valence-electron chi connectivity index (χ4n) is 9.12. The molecule has 4 aliphatic carbocycles. The molecule has 0 aliphatic heterocycles. The fraction of sp³-hybridized carbons (Fsp3) is 0.694. The third-order valence-electron chi connectivity index (χ3n) is 12.5. The monoisotopic (exact) mass is 562 g/mol. The fourth-order valence-corrected chi connectivity index (χ4v) is 10.6. The number of rotatable bonds is 5. The Hall–Kier alpha value is -1.65. The summed E-state index contributed by atoms with van der Waals surface area (Å²) in [4.78, 5) is 13.0. The van der Waals surface area contributed by atoms with Crippen molar-refractivity contribution in [1.29, 1.82) is 0 Å². The van der Waals surface area contributed by atoms with Gasteiger partial charge in [-0.05, 0) is 116 Å². The maximum absolute atomic E-state index is 13.0. The number of carbonyl (C=O) groups is 1. The molecular weight excluding hydrogens is 508 g/mol. The van der Waals surface area contributed by atoms with Crippen molar-refractivity contribution in [2.75, 3.05) is 0 Å². The van der Waals surface area contributed by atoms with Crippen LogP contribution in [0.25, 0.3) is 0 Å². The average molecular weight is 563 g/mol. The van der Waals surface area contributed by atoms with Gasteiger partial charge >= 0.3 is 5.97 Å². The number of esters is 1. The first-order valence-electron chi connectivity index (χ1n) is 15.9. The van der Waals surface area contributed by atoms with Crippen LogP contribution in [0.5, 0.6) is 0 Å². The number of benzene rings is 1. The van der Waals surface area contributed by atoms with E-state index in [2.05, 4.69) is 74.6 Å². The Bertz CT molecular complexity index is 1200. The Morgan fingerprint density at radius 1 is 0.975 bits per heavy atom. The normalized spacial score (nSPS) is 34.4. The van der Waals surface area contributed by atoms with E-state index in [1.165, 1.54) is 19.3 Å². The topological polar surface area (TPSA) is 35.5 Å². The van der Waals surface area contributed by atoms with Crippen LogP contribution >= 0.6 is 0 Å². The third kappa shape index (κ3) is 4.70. The van der Waals surface area contributed by atoms with Crippen molar-refractivity contribution in [1.82, 2.24) is 0 Å². The first-order chi connectivity index (χ1) is 18.5. The molecule has 5 rings (SSSR count). The predicted molar refractivity (Wildman–Crippen MR) is 168 cm³/mol. The lowest BCUT2D eigenvalue weighted by atomic mass is 9.46. The number of allylic oxidation sites excluding steroid dienone is 4. The van der Waals surface area contributed by atoms with E-state index in [0.717, 1.165) is 25.7 Å². The maximum Gasteiger partial charge on any atom is 0.338 e. The quantitative estimate of drug-likeness (QED) is 0.265. The van der Waals surface area contributed by atoms with Gasteiger partial charge in [0.25, 0.3) is 0 Å². The molecule has 0 spiro atoms. The minimum absolute atomic E-state index is 0.0438. The zero-order chi connectivity index (χ0) is 29.3. The van der Waals surface area contributed by atoms with E-state index >= 15 is 0 Å². The summed E-state index contributed by atoms with van der Waals surface area (Å²) in [6, 6.07) is 9.49. The summed E-state index contributed by atoms with van der Waals surface area (Å²) in [5, 5.41) is 0.229. The van der Waals surface area contributed by atoms with Crippen LogP contribution in [0.15, 0.2) is 53.1 Å². The van der Waals surface area contributed by atoms with Gasteiger partial charge in [0.05, 0.1) is 5.56 Å². The van der Waals surface area contributed by atoms with Crippen molar-refractivity contribution in [3.05, 3.63) is 58.7 Å². The Kier molecular flexibility index (Phi) is 7.43. The van der Waals surface area contributed by atoms with Crippen molar-refractivity contribution in [3.63, 3.8) is 0 Å². The molecule has 220 valence electrons. The molecule has 0 aromatic heterocycles. The Labute approximate surface area is 245 Å². The molecule has 0 saturated heterocycles. The van der Waals surface area contributed by atoms with E-state index in [0.29, 0.717) is 17.4 Å². The first-order valence-corrected chi connectivity index (χ1v) is 18.8. The molecule has 0 unspecified atom stereocenters. The molecule has 0 bridgehead atoms. The molecule has 4 heteroatoms. The van der Waals surface area contributed by atoms with Crippen LogP contribution < -0.4 is 0 Å².